The number of aliphatic hydroxyl groups excluding tert-OH is 1. The Morgan fingerprint density at radius 3 is 2.85 bits per heavy atom. The third-order valence-electron chi connectivity index (χ3n) is 2.55. The highest BCUT2D eigenvalue weighted by atomic mass is 16.5. The van der Waals surface area contributed by atoms with Gasteiger partial charge in [0.15, 0.2) is 0 Å². The van der Waals surface area contributed by atoms with Crippen LogP contribution in [0.4, 0.5) is 0 Å². The quantitative estimate of drug-likeness (QED) is 0.591. The summed E-state index contributed by atoms with van der Waals surface area (Å²) in [6.45, 7) is 1.07. The molecular formula is C9H15NO3. The van der Waals surface area contributed by atoms with Crippen LogP contribution in [0.2, 0.25) is 0 Å². The zero-order valence-corrected chi connectivity index (χ0v) is 7.53. The maximum Gasteiger partial charge on any atom is 0.323 e. The summed E-state index contributed by atoms with van der Waals surface area (Å²) in [6, 6.07) is -0.284. The van der Waals surface area contributed by atoms with Crippen LogP contribution < -0.4 is 5.32 Å². The minimum absolute atomic E-state index is 0.205. The van der Waals surface area contributed by atoms with Crippen molar-refractivity contribution in [1.82, 2.24) is 5.32 Å². The number of nitrogens with one attached hydrogen (secondary N) is 1. The molecule has 4 heteroatoms. The highest BCUT2D eigenvalue weighted by Crippen LogP contribution is 2.29. The molecule has 0 aromatic rings. The van der Waals surface area contributed by atoms with Crippen molar-refractivity contribution in [2.75, 3.05) is 13.2 Å². The Kier molecular flexibility index (Phi) is 2.51. The lowest BCUT2D eigenvalue weighted by Crippen LogP contribution is -2.32. The highest BCUT2D eigenvalue weighted by molar-refractivity contribution is 5.76. The molecule has 2 aliphatic rings. The van der Waals surface area contributed by atoms with Crippen LogP contribution in [0.15, 0.2) is 0 Å². The standard InChI is InChI=1S/C9H15NO3/c11-7-3-8(10-4-7)9(12)13-5-6-1-2-6/h6-8,10-11H,1-5H2/t7?,8-/m0/s1. The second kappa shape index (κ2) is 3.64. The van der Waals surface area contributed by atoms with Gasteiger partial charge in [0.2, 0.25) is 0 Å². The SMILES string of the molecule is O=C(OCC1CC1)[C@@H]1CC(O)CN1. The van der Waals surface area contributed by atoms with E-state index in [4.69, 9.17) is 9.84 Å². The average Bonchev–Trinajstić information content (AvgIpc) is 2.84. The van der Waals surface area contributed by atoms with Crippen molar-refractivity contribution in [3.8, 4) is 0 Å². The second-order valence-electron chi connectivity index (χ2n) is 3.92. The maximum absolute atomic E-state index is 11.3. The normalized spacial score (nSPS) is 33.3. The summed E-state index contributed by atoms with van der Waals surface area (Å²) in [6.07, 6.45) is 2.48. The van der Waals surface area contributed by atoms with Gasteiger partial charge in [-0.2, -0.15) is 0 Å². The molecule has 13 heavy (non-hydrogen) atoms. The average molecular weight is 185 g/mol. The van der Waals surface area contributed by atoms with Gasteiger partial charge in [-0.25, -0.2) is 0 Å². The first-order valence-corrected chi connectivity index (χ1v) is 4.84. The smallest absolute Gasteiger partial charge is 0.323 e. The fourth-order valence-electron chi connectivity index (χ4n) is 1.48. The molecule has 1 heterocycles. The Labute approximate surface area is 77.3 Å². The van der Waals surface area contributed by atoms with Crippen LogP contribution in [0.25, 0.3) is 0 Å². The highest BCUT2D eigenvalue weighted by Gasteiger charge is 2.31. The van der Waals surface area contributed by atoms with Crippen molar-refractivity contribution in [2.24, 2.45) is 5.92 Å². The number of ether oxygens (including phenoxy) is 1. The van der Waals surface area contributed by atoms with Gasteiger partial charge in [0.05, 0.1) is 12.7 Å². The van der Waals surface area contributed by atoms with Gasteiger partial charge in [-0.05, 0) is 18.8 Å². The summed E-state index contributed by atoms with van der Waals surface area (Å²) in [5.74, 6) is 0.402. The minimum Gasteiger partial charge on any atom is -0.464 e. The maximum atomic E-state index is 11.3. The van der Waals surface area contributed by atoms with Crippen molar-refractivity contribution in [3.63, 3.8) is 0 Å². The van der Waals surface area contributed by atoms with Crippen molar-refractivity contribution in [1.29, 1.82) is 0 Å². The van der Waals surface area contributed by atoms with E-state index in [1.54, 1.807) is 0 Å². The lowest BCUT2D eigenvalue weighted by atomic mass is 10.2. The van der Waals surface area contributed by atoms with Crippen molar-refractivity contribution >= 4 is 5.97 Å². The molecule has 0 bridgehead atoms. The number of carbonyl (C=O) groups excluding carboxylic acids is 1. The van der Waals surface area contributed by atoms with Crippen LogP contribution in [0, 0.1) is 5.92 Å². The molecule has 0 amide bonds. The Balaban J connectivity index is 1.69. The first-order chi connectivity index (χ1) is 6.25. The van der Waals surface area contributed by atoms with Crippen molar-refractivity contribution in [2.45, 2.75) is 31.4 Å². The molecule has 74 valence electrons. The molecule has 1 aliphatic carbocycles. The summed E-state index contributed by atoms with van der Waals surface area (Å²) < 4.78 is 5.09. The van der Waals surface area contributed by atoms with Gasteiger partial charge < -0.3 is 15.2 Å². The van der Waals surface area contributed by atoms with Gasteiger partial charge in [0.25, 0.3) is 0 Å². The predicted molar refractivity (Wildman–Crippen MR) is 46.1 cm³/mol. The zero-order chi connectivity index (χ0) is 9.26. The summed E-state index contributed by atoms with van der Waals surface area (Å²) in [5.41, 5.74) is 0. The molecule has 0 radical (unpaired) electrons. The van der Waals surface area contributed by atoms with Crippen LogP contribution >= 0.6 is 0 Å². The largest absolute Gasteiger partial charge is 0.464 e. The fraction of sp³-hybridized carbons (Fsp3) is 0.889. The minimum atomic E-state index is -0.390. The molecule has 0 aromatic heterocycles. The molecule has 0 aromatic carbocycles. The number of carbonyl (C=O) groups is 1. The summed E-state index contributed by atoms with van der Waals surface area (Å²) in [7, 11) is 0. The number of hydrogen-bond donors (Lipinski definition) is 2. The van der Waals surface area contributed by atoms with Crippen molar-refractivity contribution in [3.05, 3.63) is 0 Å². The second-order valence-corrected chi connectivity index (χ2v) is 3.92. The fourth-order valence-corrected chi connectivity index (χ4v) is 1.48. The van der Waals surface area contributed by atoms with E-state index in [0.29, 0.717) is 25.5 Å². The number of aliphatic hydroxyl groups is 1. The first kappa shape index (κ1) is 8.97. The van der Waals surface area contributed by atoms with E-state index in [2.05, 4.69) is 5.32 Å². The number of β-amino-alcohol motifs (C(OH)–C–C–N with tert-alkyl or cyclic N) is 1. The monoisotopic (exact) mass is 185 g/mol. The zero-order valence-electron chi connectivity index (χ0n) is 7.53. The third-order valence-corrected chi connectivity index (χ3v) is 2.55. The van der Waals surface area contributed by atoms with Gasteiger partial charge >= 0.3 is 5.97 Å². The Morgan fingerprint density at radius 1 is 1.54 bits per heavy atom. The summed E-state index contributed by atoms with van der Waals surface area (Å²) in [4.78, 5) is 11.3. The molecule has 1 aliphatic heterocycles. The molecule has 2 N–H and O–H groups in total. The van der Waals surface area contributed by atoms with Crippen LogP contribution in [0.1, 0.15) is 19.3 Å². The number of rotatable bonds is 3. The van der Waals surface area contributed by atoms with E-state index in [9.17, 15) is 4.79 Å². The van der Waals surface area contributed by atoms with E-state index >= 15 is 0 Å². The van der Waals surface area contributed by atoms with Gasteiger partial charge in [0, 0.05) is 13.0 Å². The van der Waals surface area contributed by atoms with E-state index in [-0.39, 0.29) is 12.0 Å². The van der Waals surface area contributed by atoms with Gasteiger partial charge in [-0.3, -0.25) is 4.79 Å². The molecule has 4 nitrogen and oxygen atoms in total. The van der Waals surface area contributed by atoms with E-state index in [0.717, 1.165) is 0 Å². The molecule has 2 fully saturated rings. The Bertz CT molecular complexity index is 203. The number of esters is 1. The van der Waals surface area contributed by atoms with Crippen molar-refractivity contribution < 1.29 is 14.6 Å². The third kappa shape index (κ3) is 2.42. The molecule has 2 atom stereocenters. The van der Waals surface area contributed by atoms with E-state index < -0.39 is 6.10 Å². The lowest BCUT2D eigenvalue weighted by molar-refractivity contribution is -0.146. The van der Waals surface area contributed by atoms with Crippen LogP contribution in [0.5, 0.6) is 0 Å². The lowest BCUT2D eigenvalue weighted by Gasteiger charge is -2.09. The predicted octanol–water partition coefficient (Wildman–Crippen LogP) is -0.338. The summed E-state index contributed by atoms with van der Waals surface area (Å²) >= 11 is 0. The molecule has 2 rings (SSSR count). The number of hydrogen-bond acceptors (Lipinski definition) is 4. The topological polar surface area (TPSA) is 58.6 Å². The van der Waals surface area contributed by atoms with E-state index in [1.165, 1.54) is 12.8 Å². The first-order valence-electron chi connectivity index (χ1n) is 4.84. The Morgan fingerprint density at radius 2 is 2.31 bits per heavy atom. The van der Waals surface area contributed by atoms with Gasteiger partial charge in [-0.1, -0.05) is 0 Å². The summed E-state index contributed by atoms with van der Waals surface area (Å²) in [5, 5.41) is 12.1. The Hall–Kier alpha value is -0.610. The van der Waals surface area contributed by atoms with Gasteiger partial charge in [0.1, 0.15) is 6.04 Å². The molecule has 1 saturated carbocycles. The molecule has 1 saturated heterocycles. The van der Waals surface area contributed by atoms with E-state index in [1.807, 2.05) is 0 Å². The molecule has 1 unspecified atom stereocenters. The van der Waals surface area contributed by atoms with Crippen LogP contribution in [0.3, 0.4) is 0 Å². The van der Waals surface area contributed by atoms with Gasteiger partial charge in [-0.15, -0.1) is 0 Å². The van der Waals surface area contributed by atoms with Crippen LogP contribution in [-0.2, 0) is 9.53 Å². The van der Waals surface area contributed by atoms with Crippen LogP contribution in [-0.4, -0.2) is 36.4 Å². The molecular weight excluding hydrogens is 170 g/mol. The molecule has 0 spiro atoms.